The van der Waals surface area contributed by atoms with Crippen LogP contribution in [0.15, 0.2) is 24.8 Å². The summed E-state index contributed by atoms with van der Waals surface area (Å²) < 4.78 is 10.8. The molecule has 0 bridgehead atoms. The van der Waals surface area contributed by atoms with Crippen molar-refractivity contribution >= 4 is 14.3 Å². The number of hydrogen-bond donors (Lipinski definition) is 0. The number of ether oxygens (including phenoxy) is 1. The summed E-state index contributed by atoms with van der Waals surface area (Å²) in [6.07, 6.45) is 14.9. The number of carbonyl (C=O) groups excluding carboxylic acids is 1. The molecule has 4 heteroatoms. The minimum Gasteiger partial charge on any atom is -0.469 e. The minimum absolute atomic E-state index is 0.00444. The monoisotopic (exact) mass is 364 g/mol. The molecule has 1 atom stereocenters. The van der Waals surface area contributed by atoms with Crippen molar-refractivity contribution in [2.75, 3.05) is 7.11 Å². The zero-order chi connectivity index (χ0) is 19.0. The van der Waals surface area contributed by atoms with E-state index in [4.69, 9.17) is 4.43 Å². The molecule has 142 valence electrons. The lowest BCUT2D eigenvalue weighted by atomic mass is 10.1. The van der Waals surface area contributed by atoms with Crippen molar-refractivity contribution in [2.24, 2.45) is 0 Å². The highest BCUT2D eigenvalue weighted by Gasteiger charge is 2.19. The molecule has 0 spiro atoms. The van der Waals surface area contributed by atoms with Crippen molar-refractivity contribution in [3.05, 3.63) is 24.8 Å². The zero-order valence-corrected chi connectivity index (χ0v) is 17.6. The van der Waals surface area contributed by atoms with Crippen molar-refractivity contribution in [3.8, 4) is 11.8 Å². The van der Waals surface area contributed by atoms with E-state index in [1.54, 1.807) is 0 Å². The molecular weight excluding hydrogens is 328 g/mol. The second-order valence-corrected chi connectivity index (χ2v) is 11.6. The fourth-order valence-electron chi connectivity index (χ4n) is 2.30. The molecule has 0 saturated heterocycles. The second kappa shape index (κ2) is 15.0. The van der Waals surface area contributed by atoms with Crippen LogP contribution < -0.4 is 0 Å². The number of allylic oxidation sites excluding steroid dienone is 3. The van der Waals surface area contributed by atoms with Gasteiger partial charge in [-0.3, -0.25) is 4.79 Å². The highest BCUT2D eigenvalue weighted by atomic mass is 28.4. The molecule has 0 amide bonds. The van der Waals surface area contributed by atoms with E-state index >= 15 is 0 Å². The summed E-state index contributed by atoms with van der Waals surface area (Å²) in [5.74, 6) is 6.27. The molecule has 0 aliphatic carbocycles. The van der Waals surface area contributed by atoms with E-state index in [2.05, 4.69) is 48.9 Å². The summed E-state index contributed by atoms with van der Waals surface area (Å²) in [4.78, 5) is 11.1. The van der Waals surface area contributed by atoms with Gasteiger partial charge >= 0.3 is 5.97 Å². The van der Waals surface area contributed by atoms with Crippen molar-refractivity contribution in [1.29, 1.82) is 0 Å². The molecule has 0 saturated carbocycles. The summed E-state index contributed by atoms with van der Waals surface area (Å²) in [6, 6.07) is 0. The smallest absolute Gasteiger partial charge is 0.305 e. The molecule has 0 aromatic rings. The van der Waals surface area contributed by atoms with Crippen LogP contribution in [0.5, 0.6) is 0 Å². The Morgan fingerprint density at radius 2 is 1.84 bits per heavy atom. The largest absolute Gasteiger partial charge is 0.469 e. The number of rotatable bonds is 13. The summed E-state index contributed by atoms with van der Waals surface area (Å²) in [7, 11) is -0.180. The number of unbranched alkanes of at least 4 members (excludes halogenated alkanes) is 5. The number of hydrogen-bond acceptors (Lipinski definition) is 3. The van der Waals surface area contributed by atoms with Gasteiger partial charge in [0.1, 0.15) is 6.10 Å². The van der Waals surface area contributed by atoms with Gasteiger partial charge in [-0.05, 0) is 70.7 Å². The van der Waals surface area contributed by atoms with Gasteiger partial charge in [0, 0.05) is 6.42 Å². The molecule has 0 fully saturated rings. The van der Waals surface area contributed by atoms with Gasteiger partial charge in [-0.1, -0.05) is 30.4 Å². The van der Waals surface area contributed by atoms with Crippen LogP contribution in [0.3, 0.4) is 0 Å². The molecule has 0 aliphatic rings. The average Bonchev–Trinajstić information content (AvgIpc) is 2.55. The lowest BCUT2D eigenvalue weighted by Crippen LogP contribution is -2.31. The molecule has 0 radical (unpaired) electrons. The van der Waals surface area contributed by atoms with Crippen molar-refractivity contribution < 1.29 is 14.0 Å². The van der Waals surface area contributed by atoms with Gasteiger partial charge in [-0.15, -0.1) is 6.58 Å². The van der Waals surface area contributed by atoms with Crippen LogP contribution in [0.1, 0.15) is 57.8 Å². The SMILES string of the molecule is C=CCCCC/C=C/C#C[C@H](CCCCCC(=O)OC)O[Si](C)(C)C. The van der Waals surface area contributed by atoms with Crippen LogP contribution in [-0.2, 0) is 14.0 Å². The van der Waals surface area contributed by atoms with Crippen LogP contribution in [-0.4, -0.2) is 27.5 Å². The average molecular weight is 365 g/mol. The highest BCUT2D eigenvalue weighted by Crippen LogP contribution is 2.14. The van der Waals surface area contributed by atoms with Crippen LogP contribution in [0, 0.1) is 11.8 Å². The molecule has 0 N–H and O–H groups in total. The Hall–Kier alpha value is -1.31. The third-order valence-electron chi connectivity index (χ3n) is 3.55. The topological polar surface area (TPSA) is 35.5 Å². The van der Waals surface area contributed by atoms with E-state index in [1.807, 2.05) is 12.2 Å². The lowest BCUT2D eigenvalue weighted by Gasteiger charge is -2.22. The molecule has 0 rings (SSSR count). The number of methoxy groups -OCH3 is 1. The third kappa shape index (κ3) is 17.3. The number of esters is 1. The Balaban J connectivity index is 4.21. The van der Waals surface area contributed by atoms with Gasteiger partial charge in [0.15, 0.2) is 8.32 Å². The molecule has 0 aliphatic heterocycles. The molecule has 25 heavy (non-hydrogen) atoms. The van der Waals surface area contributed by atoms with Gasteiger partial charge in [-0.25, -0.2) is 0 Å². The first-order valence-electron chi connectivity index (χ1n) is 9.40. The Bertz CT molecular complexity index is 452. The van der Waals surface area contributed by atoms with Gasteiger partial charge in [0.2, 0.25) is 0 Å². The number of carbonyl (C=O) groups is 1. The lowest BCUT2D eigenvalue weighted by molar-refractivity contribution is -0.140. The van der Waals surface area contributed by atoms with E-state index in [0.717, 1.165) is 38.5 Å². The molecular formula is C21H36O3Si. The van der Waals surface area contributed by atoms with Crippen LogP contribution >= 0.6 is 0 Å². The van der Waals surface area contributed by atoms with Crippen molar-refractivity contribution in [2.45, 2.75) is 83.5 Å². The summed E-state index contributed by atoms with van der Waals surface area (Å²) in [5, 5.41) is 0. The highest BCUT2D eigenvalue weighted by molar-refractivity contribution is 6.69. The normalized spacial score (nSPS) is 12.5. The summed E-state index contributed by atoms with van der Waals surface area (Å²) in [6.45, 7) is 10.3. The Morgan fingerprint density at radius 1 is 1.12 bits per heavy atom. The predicted molar refractivity (Wildman–Crippen MR) is 109 cm³/mol. The van der Waals surface area contributed by atoms with Crippen LogP contribution in [0.25, 0.3) is 0 Å². The van der Waals surface area contributed by atoms with Gasteiger partial charge in [0.05, 0.1) is 7.11 Å². The van der Waals surface area contributed by atoms with Gasteiger partial charge < -0.3 is 9.16 Å². The molecule has 0 aromatic heterocycles. The van der Waals surface area contributed by atoms with Crippen LogP contribution in [0.2, 0.25) is 19.6 Å². The van der Waals surface area contributed by atoms with Crippen molar-refractivity contribution in [1.82, 2.24) is 0 Å². The Kier molecular flexibility index (Phi) is 14.2. The van der Waals surface area contributed by atoms with E-state index in [1.165, 1.54) is 20.0 Å². The van der Waals surface area contributed by atoms with E-state index in [0.29, 0.717) is 6.42 Å². The summed E-state index contributed by atoms with van der Waals surface area (Å²) >= 11 is 0. The van der Waals surface area contributed by atoms with Gasteiger partial charge in [0.25, 0.3) is 0 Å². The maximum absolute atomic E-state index is 11.1. The molecule has 0 heterocycles. The van der Waals surface area contributed by atoms with Crippen molar-refractivity contribution in [3.63, 3.8) is 0 Å². The molecule has 0 aromatic carbocycles. The maximum Gasteiger partial charge on any atom is 0.305 e. The standard InChI is InChI=1S/C21H36O3Si/c1-6-7-8-9-10-11-12-14-17-20(24-25(3,4)5)18-15-13-16-19-21(22)23-2/h6,11-12,20H,1,7-10,13,15-16,18-19H2,2-5H3/b12-11+/t20-/m1/s1. The van der Waals surface area contributed by atoms with E-state index in [-0.39, 0.29) is 12.1 Å². The first-order valence-corrected chi connectivity index (χ1v) is 12.8. The molecule has 3 nitrogen and oxygen atoms in total. The van der Waals surface area contributed by atoms with Gasteiger partial charge in [-0.2, -0.15) is 0 Å². The van der Waals surface area contributed by atoms with Crippen LogP contribution in [0.4, 0.5) is 0 Å². The van der Waals surface area contributed by atoms with E-state index < -0.39 is 8.32 Å². The Labute approximate surface area is 156 Å². The quantitative estimate of drug-likeness (QED) is 0.140. The first kappa shape index (κ1) is 23.7. The zero-order valence-electron chi connectivity index (χ0n) is 16.6. The Morgan fingerprint density at radius 3 is 2.48 bits per heavy atom. The first-order chi connectivity index (χ1) is 11.9. The molecule has 0 unspecified atom stereocenters. The fourth-order valence-corrected chi connectivity index (χ4v) is 3.33. The summed E-state index contributed by atoms with van der Waals surface area (Å²) in [5.41, 5.74) is 0. The third-order valence-corrected chi connectivity index (χ3v) is 4.54. The predicted octanol–water partition coefficient (Wildman–Crippen LogP) is 5.64. The second-order valence-electron chi connectivity index (χ2n) is 7.16. The van der Waals surface area contributed by atoms with E-state index in [9.17, 15) is 4.79 Å². The minimum atomic E-state index is -1.61. The fraction of sp³-hybridized carbons (Fsp3) is 0.667. The maximum atomic E-state index is 11.1.